The fourth-order valence-corrected chi connectivity index (χ4v) is 3.91. The van der Waals surface area contributed by atoms with Gasteiger partial charge in [-0.2, -0.15) is 0 Å². The summed E-state index contributed by atoms with van der Waals surface area (Å²) in [5.41, 5.74) is 5.29. The summed E-state index contributed by atoms with van der Waals surface area (Å²) in [5.74, 6) is -0.837. The Morgan fingerprint density at radius 1 is 1.09 bits per heavy atom. The number of guanidine groups is 1. The molecule has 0 aromatic heterocycles. The van der Waals surface area contributed by atoms with Crippen LogP contribution in [0.2, 0.25) is 0 Å². The Hall–Kier alpha value is -1.98. The number of hydrogen-bond acceptors (Lipinski definition) is 6. The van der Waals surface area contributed by atoms with Crippen LogP contribution in [0.5, 0.6) is 0 Å². The predicted octanol–water partition coefficient (Wildman–Crippen LogP) is -1.66. The fourth-order valence-electron chi connectivity index (χ4n) is 1.49. The molecular formula is C11H17N3O6S2. The van der Waals surface area contributed by atoms with Crippen LogP contribution in [0.3, 0.4) is 0 Å². The number of nitrogens with zero attached hydrogens (tertiary/aromatic N) is 1. The van der Waals surface area contributed by atoms with E-state index in [1.807, 2.05) is 0 Å². The number of nitrogens with two attached hydrogens (primary N) is 1. The molecule has 22 heavy (non-hydrogen) atoms. The number of benzene rings is 1. The number of aliphatic imine (C=N–C) groups is 1. The van der Waals surface area contributed by atoms with E-state index in [-0.39, 0.29) is 21.9 Å². The van der Waals surface area contributed by atoms with Crippen molar-refractivity contribution in [3.63, 3.8) is 0 Å². The Kier molecular flexibility index (Phi) is 6.24. The monoisotopic (exact) mass is 351 g/mol. The summed E-state index contributed by atoms with van der Waals surface area (Å²) in [6.07, 6.45) is 1.75. The highest BCUT2D eigenvalue weighted by Gasteiger charge is 2.22. The molecule has 0 unspecified atom stereocenters. The molecule has 0 bridgehead atoms. The summed E-state index contributed by atoms with van der Waals surface area (Å²) >= 11 is 0. The first-order valence-electron chi connectivity index (χ1n) is 5.54. The highest BCUT2D eigenvalue weighted by Crippen LogP contribution is 2.22. The summed E-state index contributed by atoms with van der Waals surface area (Å²) in [6.45, 7) is 0. The van der Waals surface area contributed by atoms with Crippen molar-refractivity contribution >= 4 is 31.5 Å². The Morgan fingerprint density at radius 3 is 2.00 bits per heavy atom. The van der Waals surface area contributed by atoms with Crippen molar-refractivity contribution in [1.82, 2.24) is 5.32 Å². The minimum absolute atomic E-state index is 0. The molecule has 0 aliphatic carbocycles. The Labute approximate surface area is 128 Å². The number of amides is 1. The lowest BCUT2D eigenvalue weighted by molar-refractivity contribution is 0.0976. The van der Waals surface area contributed by atoms with Crippen LogP contribution >= 0.6 is 0 Å². The number of carbonyl (C=O) groups is 1. The van der Waals surface area contributed by atoms with Gasteiger partial charge in [0.1, 0.15) is 0 Å². The molecular weight excluding hydrogens is 334 g/mol. The molecule has 0 fully saturated rings. The smallest absolute Gasteiger partial charge is 0.257 e. The van der Waals surface area contributed by atoms with Crippen LogP contribution in [0, 0.1) is 0 Å². The minimum Gasteiger partial charge on any atom is -0.412 e. The van der Waals surface area contributed by atoms with Gasteiger partial charge in [-0.15, -0.1) is 0 Å². The quantitative estimate of drug-likeness (QED) is 0.488. The molecule has 0 aliphatic rings. The second kappa shape index (κ2) is 6.85. The molecule has 1 rings (SSSR count). The van der Waals surface area contributed by atoms with Crippen molar-refractivity contribution in [2.45, 2.75) is 9.79 Å². The van der Waals surface area contributed by atoms with E-state index in [9.17, 15) is 21.6 Å². The maximum Gasteiger partial charge on any atom is 0.257 e. The molecule has 0 heterocycles. The number of hydrogen-bond donors (Lipinski definition) is 2. The number of rotatable bonds is 3. The van der Waals surface area contributed by atoms with Crippen molar-refractivity contribution in [2.75, 3.05) is 19.6 Å². The van der Waals surface area contributed by atoms with Gasteiger partial charge < -0.3 is 11.2 Å². The number of nitrogens with one attached hydrogen (secondary N) is 1. The SMILES string of the molecule is CN=C(N)NC(=O)c1ccc(S(C)(=O)=O)c(S(C)(=O)=O)c1.O. The Morgan fingerprint density at radius 2 is 1.59 bits per heavy atom. The molecule has 1 aromatic carbocycles. The van der Waals surface area contributed by atoms with Crippen molar-refractivity contribution in [2.24, 2.45) is 10.7 Å². The summed E-state index contributed by atoms with van der Waals surface area (Å²) in [7, 11) is -6.21. The van der Waals surface area contributed by atoms with Gasteiger partial charge in [0.15, 0.2) is 25.6 Å². The third kappa shape index (κ3) is 4.79. The van der Waals surface area contributed by atoms with Gasteiger partial charge >= 0.3 is 0 Å². The molecule has 0 saturated heterocycles. The van der Waals surface area contributed by atoms with Gasteiger partial charge in [-0.1, -0.05) is 0 Å². The molecule has 0 saturated carbocycles. The van der Waals surface area contributed by atoms with E-state index < -0.39 is 30.5 Å². The van der Waals surface area contributed by atoms with Gasteiger partial charge in [0.25, 0.3) is 5.91 Å². The average Bonchev–Trinajstić information content (AvgIpc) is 2.35. The Balaban J connectivity index is 0.00000441. The maximum atomic E-state index is 11.8. The lowest BCUT2D eigenvalue weighted by atomic mass is 10.2. The van der Waals surface area contributed by atoms with Crippen molar-refractivity contribution in [3.05, 3.63) is 23.8 Å². The molecule has 1 amide bonds. The number of sulfone groups is 2. The van der Waals surface area contributed by atoms with Gasteiger partial charge in [0, 0.05) is 25.1 Å². The van der Waals surface area contributed by atoms with E-state index >= 15 is 0 Å². The van der Waals surface area contributed by atoms with Crippen LogP contribution in [0.25, 0.3) is 0 Å². The van der Waals surface area contributed by atoms with E-state index in [0.29, 0.717) is 0 Å². The zero-order valence-corrected chi connectivity index (χ0v) is 13.7. The maximum absolute atomic E-state index is 11.8. The van der Waals surface area contributed by atoms with E-state index in [1.54, 1.807) is 0 Å². The molecule has 5 N–H and O–H groups in total. The molecule has 9 nitrogen and oxygen atoms in total. The standard InChI is InChI=1S/C11H15N3O5S2.H2O/c1-13-11(12)14-10(15)7-4-5-8(20(2,16)17)9(6-7)21(3,18)19;/h4-6H,1-3H3,(H3,12,13,14,15);1H2. The fraction of sp³-hybridized carbons (Fsp3) is 0.273. The first-order valence-corrected chi connectivity index (χ1v) is 9.33. The zero-order valence-electron chi connectivity index (χ0n) is 12.1. The van der Waals surface area contributed by atoms with Crippen LogP contribution in [-0.2, 0) is 19.7 Å². The molecule has 0 radical (unpaired) electrons. The summed E-state index contributed by atoms with van der Waals surface area (Å²) < 4.78 is 46.6. The molecule has 0 aliphatic heterocycles. The third-order valence-electron chi connectivity index (χ3n) is 2.49. The highest BCUT2D eigenvalue weighted by molar-refractivity contribution is 7.93. The third-order valence-corrected chi connectivity index (χ3v) is 4.91. The normalized spacial score (nSPS) is 12.4. The molecule has 0 atom stereocenters. The van der Waals surface area contributed by atoms with Crippen molar-refractivity contribution in [1.29, 1.82) is 0 Å². The highest BCUT2D eigenvalue weighted by atomic mass is 32.2. The number of carbonyl (C=O) groups excluding carboxylic acids is 1. The van der Waals surface area contributed by atoms with Gasteiger partial charge in [-0.25, -0.2) is 16.8 Å². The van der Waals surface area contributed by atoms with Crippen LogP contribution in [0.1, 0.15) is 10.4 Å². The van der Waals surface area contributed by atoms with Crippen molar-refractivity contribution < 1.29 is 27.1 Å². The van der Waals surface area contributed by atoms with E-state index in [2.05, 4.69) is 10.3 Å². The topological polar surface area (TPSA) is 167 Å². The van der Waals surface area contributed by atoms with E-state index in [4.69, 9.17) is 5.73 Å². The second-order valence-corrected chi connectivity index (χ2v) is 8.24. The van der Waals surface area contributed by atoms with Gasteiger partial charge in [0.05, 0.1) is 9.79 Å². The van der Waals surface area contributed by atoms with Gasteiger partial charge in [-0.3, -0.25) is 15.1 Å². The summed E-state index contributed by atoms with van der Waals surface area (Å²) in [4.78, 5) is 14.6. The summed E-state index contributed by atoms with van der Waals surface area (Å²) in [6, 6.07) is 3.26. The van der Waals surface area contributed by atoms with Crippen molar-refractivity contribution in [3.8, 4) is 0 Å². The van der Waals surface area contributed by atoms with Gasteiger partial charge in [0.2, 0.25) is 0 Å². The van der Waals surface area contributed by atoms with Gasteiger partial charge in [-0.05, 0) is 18.2 Å². The molecule has 0 spiro atoms. The predicted molar refractivity (Wildman–Crippen MR) is 81.3 cm³/mol. The first-order chi connectivity index (χ1) is 9.46. The van der Waals surface area contributed by atoms with Crippen LogP contribution in [0.15, 0.2) is 33.0 Å². The molecule has 11 heteroatoms. The summed E-state index contributed by atoms with van der Waals surface area (Å²) in [5, 5.41) is 2.23. The van der Waals surface area contributed by atoms with E-state index in [0.717, 1.165) is 24.6 Å². The zero-order chi connectivity index (χ0) is 16.4. The minimum atomic E-state index is -3.83. The van der Waals surface area contributed by atoms with Crippen LogP contribution < -0.4 is 11.1 Å². The van der Waals surface area contributed by atoms with Crippen LogP contribution in [-0.4, -0.2) is 53.7 Å². The van der Waals surface area contributed by atoms with E-state index in [1.165, 1.54) is 13.1 Å². The lowest BCUT2D eigenvalue weighted by Crippen LogP contribution is -2.36. The molecule has 124 valence electrons. The Bertz CT molecular complexity index is 812. The van der Waals surface area contributed by atoms with Crippen LogP contribution in [0.4, 0.5) is 0 Å². The first kappa shape index (κ1) is 20.0. The largest absolute Gasteiger partial charge is 0.412 e. The second-order valence-electron chi connectivity index (χ2n) is 4.27. The average molecular weight is 351 g/mol. The molecule has 1 aromatic rings. The lowest BCUT2D eigenvalue weighted by Gasteiger charge is -2.09.